The number of fused-ring (bicyclic) bond motifs is 1. The molecular weight excluding hydrogens is 330 g/mol. The van der Waals surface area contributed by atoms with Crippen molar-refractivity contribution in [1.82, 2.24) is 19.5 Å². The van der Waals surface area contributed by atoms with Gasteiger partial charge < -0.3 is 9.47 Å². The lowest BCUT2D eigenvalue weighted by Crippen LogP contribution is -2.33. The summed E-state index contributed by atoms with van der Waals surface area (Å²) in [5.41, 5.74) is 1.40. The van der Waals surface area contributed by atoms with E-state index in [1.165, 1.54) is 23.8 Å². The summed E-state index contributed by atoms with van der Waals surface area (Å²) in [6, 6.07) is 0.471. The molecule has 4 rings (SSSR count). The topological polar surface area (TPSA) is 46.8 Å². The minimum Gasteiger partial charge on any atom is -0.351 e. The van der Waals surface area contributed by atoms with Crippen LogP contribution in [0.15, 0.2) is 24.1 Å². The number of aryl methyl sites for hydroxylation is 1. The van der Waals surface area contributed by atoms with E-state index in [0.29, 0.717) is 12.0 Å². The van der Waals surface area contributed by atoms with E-state index in [2.05, 4.69) is 33.7 Å². The maximum Gasteiger partial charge on any atom is 0.141 e. The van der Waals surface area contributed by atoms with Gasteiger partial charge in [0.1, 0.15) is 16.5 Å². The number of thiophene rings is 1. The van der Waals surface area contributed by atoms with Gasteiger partial charge in [0.2, 0.25) is 0 Å². The fourth-order valence-electron chi connectivity index (χ4n) is 3.83. The van der Waals surface area contributed by atoms with Gasteiger partial charge in [0.05, 0.1) is 11.7 Å². The zero-order valence-corrected chi connectivity index (χ0v) is 16.0. The number of rotatable bonds is 5. The molecule has 0 N–H and O–H groups in total. The number of imidazole rings is 1. The molecule has 0 aliphatic carbocycles. The van der Waals surface area contributed by atoms with Crippen molar-refractivity contribution in [1.29, 1.82) is 0 Å². The summed E-state index contributed by atoms with van der Waals surface area (Å²) < 4.78 is 2.18. The molecule has 1 aliphatic heterocycles. The minimum atomic E-state index is 0.471. The molecule has 6 heteroatoms. The number of aromatic nitrogens is 4. The third kappa shape index (κ3) is 3.27. The van der Waals surface area contributed by atoms with E-state index in [0.717, 1.165) is 36.0 Å². The quantitative estimate of drug-likeness (QED) is 0.692. The first-order valence-electron chi connectivity index (χ1n) is 9.09. The SMILES string of the molecule is Cc1nc(N2CCCC2Cn2ccnc2)c2c(CC(C)C)csc2n1. The second-order valence-corrected chi connectivity index (χ2v) is 8.24. The van der Waals surface area contributed by atoms with E-state index >= 15 is 0 Å². The van der Waals surface area contributed by atoms with Crippen LogP contribution in [0, 0.1) is 12.8 Å². The lowest BCUT2D eigenvalue weighted by Gasteiger charge is -2.27. The van der Waals surface area contributed by atoms with E-state index in [1.807, 2.05) is 25.6 Å². The van der Waals surface area contributed by atoms with Crippen LogP contribution in [-0.4, -0.2) is 32.1 Å². The molecule has 0 amide bonds. The summed E-state index contributed by atoms with van der Waals surface area (Å²) in [6.07, 6.45) is 9.31. The molecule has 0 bridgehead atoms. The Morgan fingerprint density at radius 3 is 2.96 bits per heavy atom. The lowest BCUT2D eigenvalue weighted by molar-refractivity contribution is 0.547. The largest absolute Gasteiger partial charge is 0.351 e. The molecule has 3 aromatic rings. The Bertz CT molecular complexity index is 852. The second kappa shape index (κ2) is 6.75. The van der Waals surface area contributed by atoms with Crippen LogP contribution in [0.2, 0.25) is 0 Å². The molecule has 3 aromatic heterocycles. The van der Waals surface area contributed by atoms with Gasteiger partial charge in [-0.1, -0.05) is 13.8 Å². The zero-order chi connectivity index (χ0) is 17.4. The Balaban J connectivity index is 1.74. The van der Waals surface area contributed by atoms with E-state index in [1.54, 1.807) is 11.3 Å². The van der Waals surface area contributed by atoms with Gasteiger partial charge in [-0.05, 0) is 43.0 Å². The summed E-state index contributed by atoms with van der Waals surface area (Å²) in [5.74, 6) is 2.64. The van der Waals surface area contributed by atoms with E-state index in [-0.39, 0.29) is 0 Å². The van der Waals surface area contributed by atoms with Crippen molar-refractivity contribution < 1.29 is 0 Å². The zero-order valence-electron chi connectivity index (χ0n) is 15.1. The first-order chi connectivity index (χ1) is 12.1. The van der Waals surface area contributed by atoms with Gasteiger partial charge in [-0.25, -0.2) is 15.0 Å². The normalized spacial score (nSPS) is 17.9. The Labute approximate surface area is 152 Å². The minimum absolute atomic E-state index is 0.471. The van der Waals surface area contributed by atoms with E-state index in [9.17, 15) is 0 Å². The second-order valence-electron chi connectivity index (χ2n) is 7.38. The van der Waals surface area contributed by atoms with Gasteiger partial charge in [0.25, 0.3) is 0 Å². The molecule has 1 fully saturated rings. The molecule has 132 valence electrons. The first-order valence-corrected chi connectivity index (χ1v) is 9.97. The van der Waals surface area contributed by atoms with Crippen molar-refractivity contribution in [3.05, 3.63) is 35.5 Å². The van der Waals surface area contributed by atoms with Gasteiger partial charge in [-0.3, -0.25) is 0 Å². The highest BCUT2D eigenvalue weighted by Crippen LogP contribution is 2.36. The van der Waals surface area contributed by atoms with Gasteiger partial charge >= 0.3 is 0 Å². The van der Waals surface area contributed by atoms with Crippen molar-refractivity contribution in [3.63, 3.8) is 0 Å². The Hall–Kier alpha value is -1.95. The molecule has 0 saturated carbocycles. The average Bonchev–Trinajstić information content (AvgIpc) is 3.28. The molecular formula is C19H25N5S. The molecule has 1 unspecified atom stereocenters. The highest BCUT2D eigenvalue weighted by molar-refractivity contribution is 7.17. The lowest BCUT2D eigenvalue weighted by atomic mass is 10.0. The van der Waals surface area contributed by atoms with Gasteiger partial charge in [0.15, 0.2) is 0 Å². The smallest absolute Gasteiger partial charge is 0.141 e. The molecule has 1 saturated heterocycles. The standard InChI is InChI=1S/C19H25N5S/c1-13(2)9-15-11-25-19-17(15)18(21-14(3)22-19)24-7-4-5-16(24)10-23-8-6-20-12-23/h6,8,11-13,16H,4-5,7,9-10H2,1-3H3. The van der Waals surface area contributed by atoms with Crippen LogP contribution in [0.4, 0.5) is 5.82 Å². The van der Waals surface area contributed by atoms with Crippen LogP contribution in [0.3, 0.4) is 0 Å². The molecule has 4 heterocycles. The van der Waals surface area contributed by atoms with Crippen LogP contribution >= 0.6 is 11.3 Å². The van der Waals surface area contributed by atoms with Crippen molar-refractivity contribution in [2.45, 2.75) is 52.6 Å². The fourth-order valence-corrected chi connectivity index (χ4v) is 4.82. The average molecular weight is 356 g/mol. The third-order valence-corrected chi connectivity index (χ3v) is 5.78. The Kier molecular flexibility index (Phi) is 4.46. The number of hydrogen-bond donors (Lipinski definition) is 0. The summed E-state index contributed by atoms with van der Waals surface area (Å²) in [5, 5.41) is 3.56. The van der Waals surface area contributed by atoms with Gasteiger partial charge in [0, 0.05) is 31.5 Å². The highest BCUT2D eigenvalue weighted by Gasteiger charge is 2.29. The van der Waals surface area contributed by atoms with Gasteiger partial charge in [-0.15, -0.1) is 11.3 Å². The predicted octanol–water partition coefficient (Wildman–Crippen LogP) is 4.06. The van der Waals surface area contributed by atoms with Crippen molar-refractivity contribution in [3.8, 4) is 0 Å². The molecule has 1 atom stereocenters. The Morgan fingerprint density at radius 1 is 1.32 bits per heavy atom. The van der Waals surface area contributed by atoms with Crippen molar-refractivity contribution >= 4 is 27.4 Å². The van der Waals surface area contributed by atoms with E-state index < -0.39 is 0 Å². The monoisotopic (exact) mass is 355 g/mol. The number of anilines is 1. The van der Waals surface area contributed by atoms with Crippen molar-refractivity contribution in [2.75, 3.05) is 11.4 Å². The maximum atomic E-state index is 4.90. The molecule has 0 spiro atoms. The fraction of sp³-hybridized carbons (Fsp3) is 0.526. The van der Waals surface area contributed by atoms with Crippen molar-refractivity contribution in [2.24, 2.45) is 5.92 Å². The maximum absolute atomic E-state index is 4.90. The molecule has 5 nitrogen and oxygen atoms in total. The summed E-state index contributed by atoms with van der Waals surface area (Å²) in [4.78, 5) is 17.4. The van der Waals surface area contributed by atoms with E-state index in [4.69, 9.17) is 9.97 Å². The van der Waals surface area contributed by atoms with Crippen LogP contribution in [0.25, 0.3) is 10.2 Å². The predicted molar refractivity (Wildman–Crippen MR) is 103 cm³/mol. The summed E-state index contributed by atoms with van der Waals surface area (Å²) in [7, 11) is 0. The molecule has 25 heavy (non-hydrogen) atoms. The first kappa shape index (κ1) is 16.5. The number of nitrogens with zero attached hydrogens (tertiary/aromatic N) is 5. The number of hydrogen-bond acceptors (Lipinski definition) is 5. The Morgan fingerprint density at radius 2 is 2.20 bits per heavy atom. The van der Waals surface area contributed by atoms with Gasteiger partial charge in [-0.2, -0.15) is 0 Å². The third-order valence-electron chi connectivity index (χ3n) is 4.86. The summed E-state index contributed by atoms with van der Waals surface area (Å²) in [6.45, 7) is 8.59. The molecule has 1 aliphatic rings. The van der Waals surface area contributed by atoms with Crippen LogP contribution in [0.5, 0.6) is 0 Å². The van der Waals surface area contributed by atoms with Crippen LogP contribution in [0.1, 0.15) is 38.1 Å². The highest BCUT2D eigenvalue weighted by atomic mass is 32.1. The van der Waals surface area contributed by atoms with Crippen LogP contribution < -0.4 is 4.90 Å². The van der Waals surface area contributed by atoms with Crippen LogP contribution in [-0.2, 0) is 13.0 Å². The molecule has 0 aromatic carbocycles. The summed E-state index contributed by atoms with van der Waals surface area (Å²) >= 11 is 1.76. The molecule has 0 radical (unpaired) electrons.